The standard InChI is InChI=1S/C8H10N4O4S/c1-11(2)10-9-5-4-6(12(14)15)17-7(5)8(13)16-3/h4H,1-3H3/b10-9+. The lowest BCUT2D eigenvalue weighted by atomic mass is 10.4. The zero-order chi connectivity index (χ0) is 13.0. The number of nitro groups is 1. The van der Waals surface area contributed by atoms with Gasteiger partial charge in [0.25, 0.3) is 0 Å². The molecular formula is C8H10N4O4S. The number of hydrogen-bond donors (Lipinski definition) is 0. The zero-order valence-corrected chi connectivity index (χ0v) is 10.2. The van der Waals surface area contributed by atoms with Crippen molar-refractivity contribution in [2.24, 2.45) is 10.3 Å². The summed E-state index contributed by atoms with van der Waals surface area (Å²) in [6, 6.07) is 1.18. The van der Waals surface area contributed by atoms with Crippen molar-refractivity contribution in [1.29, 1.82) is 0 Å². The Morgan fingerprint density at radius 1 is 1.59 bits per heavy atom. The van der Waals surface area contributed by atoms with Crippen molar-refractivity contribution in [2.45, 2.75) is 0 Å². The molecule has 1 rings (SSSR count). The third-order valence-electron chi connectivity index (χ3n) is 1.58. The molecule has 0 N–H and O–H groups in total. The smallest absolute Gasteiger partial charge is 0.350 e. The molecule has 8 nitrogen and oxygen atoms in total. The van der Waals surface area contributed by atoms with E-state index in [1.54, 1.807) is 14.1 Å². The SMILES string of the molecule is COC(=O)c1sc([N+](=O)[O-])cc1/N=N/N(C)C. The highest BCUT2D eigenvalue weighted by molar-refractivity contribution is 7.17. The van der Waals surface area contributed by atoms with Crippen molar-refractivity contribution < 1.29 is 14.5 Å². The molecule has 0 atom stereocenters. The molecule has 0 aliphatic rings. The van der Waals surface area contributed by atoms with Crippen molar-refractivity contribution in [3.05, 3.63) is 21.1 Å². The normalized spacial score (nSPS) is 10.5. The summed E-state index contributed by atoms with van der Waals surface area (Å²) in [6.45, 7) is 0. The summed E-state index contributed by atoms with van der Waals surface area (Å²) in [5.74, 6) is -0.671. The monoisotopic (exact) mass is 258 g/mol. The largest absolute Gasteiger partial charge is 0.465 e. The summed E-state index contributed by atoms with van der Waals surface area (Å²) in [4.78, 5) is 21.4. The molecule has 0 aromatic carbocycles. The molecule has 0 aliphatic heterocycles. The molecule has 0 radical (unpaired) electrons. The molecule has 0 aliphatic carbocycles. The third-order valence-corrected chi connectivity index (χ3v) is 2.64. The van der Waals surface area contributed by atoms with Crippen LogP contribution in [0.25, 0.3) is 0 Å². The van der Waals surface area contributed by atoms with Crippen molar-refractivity contribution in [2.75, 3.05) is 21.2 Å². The minimum Gasteiger partial charge on any atom is -0.465 e. The van der Waals surface area contributed by atoms with Crippen molar-refractivity contribution >= 4 is 28.0 Å². The Morgan fingerprint density at radius 3 is 2.71 bits per heavy atom. The van der Waals surface area contributed by atoms with E-state index in [0.717, 1.165) is 0 Å². The molecule has 92 valence electrons. The summed E-state index contributed by atoms with van der Waals surface area (Å²) in [5, 5.41) is 19.2. The second kappa shape index (κ2) is 5.34. The molecule has 0 bridgehead atoms. The van der Waals surface area contributed by atoms with Gasteiger partial charge in [-0.05, 0) is 0 Å². The summed E-state index contributed by atoms with van der Waals surface area (Å²) in [5.41, 5.74) is 0.127. The van der Waals surface area contributed by atoms with Gasteiger partial charge in [0.05, 0.1) is 18.1 Å². The molecule has 0 amide bonds. The van der Waals surface area contributed by atoms with Crippen LogP contribution in [0.5, 0.6) is 0 Å². The van der Waals surface area contributed by atoms with Crippen LogP contribution in [-0.4, -0.2) is 37.1 Å². The minimum atomic E-state index is -0.671. The fourth-order valence-corrected chi connectivity index (χ4v) is 1.73. The van der Waals surface area contributed by atoms with Crippen LogP contribution >= 0.6 is 11.3 Å². The number of esters is 1. The summed E-state index contributed by atoms with van der Waals surface area (Å²) >= 11 is 0.706. The highest BCUT2D eigenvalue weighted by atomic mass is 32.1. The van der Waals surface area contributed by atoms with Crippen LogP contribution in [0.4, 0.5) is 10.7 Å². The Kier molecular flexibility index (Phi) is 4.10. The first kappa shape index (κ1) is 13.0. The van der Waals surface area contributed by atoms with Gasteiger partial charge in [0.2, 0.25) is 0 Å². The van der Waals surface area contributed by atoms with Crippen LogP contribution in [0, 0.1) is 10.1 Å². The molecule has 9 heteroatoms. The molecule has 1 heterocycles. The van der Waals surface area contributed by atoms with Gasteiger partial charge in [-0.3, -0.25) is 15.1 Å². The molecule has 0 spiro atoms. The Morgan fingerprint density at radius 2 is 2.24 bits per heavy atom. The average Bonchev–Trinajstić information content (AvgIpc) is 2.69. The topological polar surface area (TPSA) is 97.4 Å². The second-order valence-electron chi connectivity index (χ2n) is 3.08. The van der Waals surface area contributed by atoms with Gasteiger partial charge in [-0.25, -0.2) is 4.79 Å². The predicted molar refractivity (Wildman–Crippen MR) is 60.5 cm³/mol. The average molecular weight is 258 g/mol. The van der Waals surface area contributed by atoms with Gasteiger partial charge in [0.15, 0.2) is 0 Å². The van der Waals surface area contributed by atoms with E-state index in [0.29, 0.717) is 11.3 Å². The quantitative estimate of drug-likeness (QED) is 0.356. The van der Waals surface area contributed by atoms with Crippen LogP contribution in [-0.2, 0) is 4.74 Å². The maximum Gasteiger partial charge on any atom is 0.350 e. The van der Waals surface area contributed by atoms with E-state index in [4.69, 9.17) is 0 Å². The first-order valence-corrected chi connectivity index (χ1v) is 5.23. The zero-order valence-electron chi connectivity index (χ0n) is 9.41. The third kappa shape index (κ3) is 3.21. The lowest BCUT2D eigenvalue weighted by molar-refractivity contribution is -0.380. The molecule has 1 aromatic rings. The van der Waals surface area contributed by atoms with E-state index in [-0.39, 0.29) is 15.6 Å². The van der Waals surface area contributed by atoms with E-state index in [1.165, 1.54) is 18.2 Å². The molecular weight excluding hydrogens is 248 g/mol. The van der Waals surface area contributed by atoms with E-state index < -0.39 is 10.9 Å². The van der Waals surface area contributed by atoms with Gasteiger partial charge in [-0.1, -0.05) is 16.6 Å². The number of thiophene rings is 1. The summed E-state index contributed by atoms with van der Waals surface area (Å²) in [6.07, 6.45) is 0. The summed E-state index contributed by atoms with van der Waals surface area (Å²) in [7, 11) is 4.48. The molecule has 0 saturated carbocycles. The lowest BCUT2D eigenvalue weighted by Gasteiger charge is -2.00. The Bertz CT molecular complexity index is 468. The van der Waals surface area contributed by atoms with Crippen LogP contribution in [0.2, 0.25) is 0 Å². The van der Waals surface area contributed by atoms with Gasteiger partial charge < -0.3 is 4.74 Å². The van der Waals surface area contributed by atoms with Gasteiger partial charge >= 0.3 is 11.0 Å². The molecule has 0 saturated heterocycles. The highest BCUT2D eigenvalue weighted by Crippen LogP contribution is 2.35. The van der Waals surface area contributed by atoms with Gasteiger partial charge in [-0.2, -0.15) is 0 Å². The van der Waals surface area contributed by atoms with Crippen LogP contribution < -0.4 is 0 Å². The number of carbonyl (C=O) groups is 1. The van der Waals surface area contributed by atoms with Crippen LogP contribution in [0.1, 0.15) is 9.67 Å². The molecule has 0 unspecified atom stereocenters. The molecule has 0 fully saturated rings. The predicted octanol–water partition coefficient (Wildman–Crippen LogP) is 2.00. The first-order valence-electron chi connectivity index (χ1n) is 4.41. The maximum absolute atomic E-state index is 11.4. The van der Waals surface area contributed by atoms with Crippen molar-refractivity contribution in [1.82, 2.24) is 5.01 Å². The van der Waals surface area contributed by atoms with Crippen LogP contribution in [0.3, 0.4) is 0 Å². The molecule has 1 aromatic heterocycles. The van der Waals surface area contributed by atoms with Gasteiger partial charge in [0.1, 0.15) is 10.6 Å². The first-order chi connectivity index (χ1) is 7.95. The Labute approximate surface area is 101 Å². The second-order valence-corrected chi connectivity index (χ2v) is 4.11. The van der Waals surface area contributed by atoms with Crippen molar-refractivity contribution in [3.63, 3.8) is 0 Å². The Hall–Kier alpha value is -2.03. The lowest BCUT2D eigenvalue weighted by Crippen LogP contribution is -2.00. The van der Waals surface area contributed by atoms with E-state index >= 15 is 0 Å². The highest BCUT2D eigenvalue weighted by Gasteiger charge is 2.22. The number of carbonyl (C=O) groups excluding carboxylic acids is 1. The van der Waals surface area contributed by atoms with Gasteiger partial charge in [0, 0.05) is 14.1 Å². The van der Waals surface area contributed by atoms with Crippen molar-refractivity contribution in [3.8, 4) is 0 Å². The number of rotatable bonds is 4. The van der Waals surface area contributed by atoms with Gasteiger partial charge in [-0.15, -0.1) is 5.11 Å². The van der Waals surface area contributed by atoms with Crippen LogP contribution in [0.15, 0.2) is 16.4 Å². The Balaban J connectivity index is 3.16. The van der Waals surface area contributed by atoms with E-state index in [9.17, 15) is 14.9 Å². The number of hydrogen-bond acceptors (Lipinski definition) is 7. The van der Waals surface area contributed by atoms with E-state index in [1.807, 2.05) is 0 Å². The fourth-order valence-electron chi connectivity index (χ4n) is 0.910. The number of methoxy groups -OCH3 is 1. The van der Waals surface area contributed by atoms with E-state index in [2.05, 4.69) is 15.1 Å². The molecule has 17 heavy (non-hydrogen) atoms. The minimum absolute atomic E-state index is 0.0600. The fraction of sp³-hybridized carbons (Fsp3) is 0.375. The number of nitrogens with zero attached hydrogens (tertiary/aromatic N) is 4. The summed E-state index contributed by atoms with van der Waals surface area (Å²) < 4.78 is 4.51. The maximum atomic E-state index is 11.4. The number of ether oxygens (including phenoxy) is 1.